The van der Waals surface area contributed by atoms with E-state index in [0.29, 0.717) is 47.5 Å². The molecule has 0 saturated carbocycles. The number of hydrogen-bond donors (Lipinski definition) is 0. The molecule has 0 radical (unpaired) electrons. The van der Waals surface area contributed by atoms with Crippen LogP contribution in [0.1, 0.15) is 67.2 Å². The van der Waals surface area contributed by atoms with E-state index in [9.17, 15) is 21.6 Å². The Balaban J connectivity index is 1.24. The van der Waals surface area contributed by atoms with Crippen LogP contribution in [0.4, 0.5) is 18.9 Å². The molecule has 9 nitrogen and oxygen atoms in total. The summed E-state index contributed by atoms with van der Waals surface area (Å²) in [6.07, 6.45) is 0.506. The number of anilines is 1. The fraction of sp³-hybridized carbons (Fsp3) is 0.615. The second kappa shape index (κ2) is 14.9. The van der Waals surface area contributed by atoms with Gasteiger partial charge < -0.3 is 19.3 Å². The van der Waals surface area contributed by atoms with E-state index in [0.717, 1.165) is 45.6 Å². The van der Waals surface area contributed by atoms with Crippen LogP contribution in [-0.2, 0) is 9.84 Å². The van der Waals surface area contributed by atoms with E-state index in [4.69, 9.17) is 4.74 Å². The highest BCUT2D eigenvalue weighted by Gasteiger charge is 2.37. The summed E-state index contributed by atoms with van der Waals surface area (Å²) in [6, 6.07) is 11.2. The van der Waals surface area contributed by atoms with Gasteiger partial charge in [0, 0.05) is 68.4 Å². The molecule has 3 aromatic rings. The van der Waals surface area contributed by atoms with Crippen LogP contribution < -0.4 is 14.4 Å². The number of sulfone groups is 1. The number of ether oxygens (including phenoxy) is 2. The molecule has 3 aliphatic heterocycles. The second-order valence-electron chi connectivity index (χ2n) is 16.0. The largest absolute Gasteiger partial charge is 0.573 e. The number of pyridine rings is 1. The van der Waals surface area contributed by atoms with Gasteiger partial charge in [0.15, 0.2) is 0 Å². The first kappa shape index (κ1) is 38.6. The third-order valence-corrected chi connectivity index (χ3v) is 13.6. The van der Waals surface area contributed by atoms with Gasteiger partial charge in [-0.2, -0.15) is 0 Å². The Labute approximate surface area is 307 Å². The Morgan fingerprint density at radius 1 is 0.750 bits per heavy atom. The van der Waals surface area contributed by atoms with Crippen molar-refractivity contribution >= 4 is 26.4 Å². The zero-order valence-corrected chi connectivity index (χ0v) is 32.2. The molecule has 0 N–H and O–H groups in total. The molecular weight excluding hydrogens is 692 g/mol. The SMILES string of the molecule is CCN1CCC(N2CCN(C3CCN(c4c(S(=O)(=O)c5ccc(OC(C)(C)C(C)(C)C)cc5)cnc5ccc(OC(F)(F)F)cc45)CC3)CC2)CC1. The van der Waals surface area contributed by atoms with Gasteiger partial charge in [0.1, 0.15) is 22.0 Å². The molecule has 3 aliphatic rings. The lowest BCUT2D eigenvalue weighted by molar-refractivity contribution is -0.274. The van der Waals surface area contributed by atoms with Crippen LogP contribution >= 0.6 is 0 Å². The van der Waals surface area contributed by atoms with E-state index in [1.807, 2.05) is 18.7 Å². The van der Waals surface area contributed by atoms with Gasteiger partial charge in [-0.25, -0.2) is 8.42 Å². The van der Waals surface area contributed by atoms with Crippen molar-refractivity contribution in [2.45, 2.75) is 101 Å². The van der Waals surface area contributed by atoms with E-state index >= 15 is 0 Å². The normalized spacial score (nSPS) is 20.1. The summed E-state index contributed by atoms with van der Waals surface area (Å²) in [7, 11) is -4.15. The first-order valence-corrected chi connectivity index (χ1v) is 20.1. The summed E-state index contributed by atoms with van der Waals surface area (Å²) in [5.74, 6) is 0.114. The molecule has 2 aromatic carbocycles. The third kappa shape index (κ3) is 8.48. The lowest BCUT2D eigenvalue weighted by Gasteiger charge is -2.46. The average molecular weight is 746 g/mol. The number of alkyl halides is 3. The summed E-state index contributed by atoms with van der Waals surface area (Å²) in [5, 5.41) is 0.302. The van der Waals surface area contributed by atoms with Crippen molar-refractivity contribution in [1.82, 2.24) is 19.7 Å². The first-order valence-electron chi connectivity index (χ1n) is 18.6. The number of halogens is 3. The van der Waals surface area contributed by atoms with Gasteiger partial charge in [-0.05, 0) is 102 Å². The van der Waals surface area contributed by atoms with Crippen LogP contribution in [0.3, 0.4) is 0 Å². The Morgan fingerprint density at radius 3 is 1.81 bits per heavy atom. The number of nitrogens with zero attached hydrogens (tertiary/aromatic N) is 5. The van der Waals surface area contributed by atoms with Gasteiger partial charge in [-0.1, -0.05) is 27.7 Å². The molecule has 0 bridgehead atoms. The molecule has 1 aromatic heterocycles. The molecule has 6 rings (SSSR count). The molecule has 3 saturated heterocycles. The van der Waals surface area contributed by atoms with Gasteiger partial charge in [-0.3, -0.25) is 14.8 Å². The zero-order valence-electron chi connectivity index (χ0n) is 31.4. The fourth-order valence-corrected chi connectivity index (χ4v) is 9.08. The zero-order chi connectivity index (χ0) is 37.5. The minimum Gasteiger partial charge on any atom is -0.487 e. The van der Waals surface area contributed by atoms with Gasteiger partial charge in [0.05, 0.1) is 16.1 Å². The van der Waals surface area contributed by atoms with Gasteiger partial charge >= 0.3 is 6.36 Å². The van der Waals surface area contributed by atoms with Crippen molar-refractivity contribution in [2.75, 3.05) is 63.8 Å². The number of rotatable bonds is 9. The lowest BCUT2D eigenvalue weighted by Crippen LogP contribution is -2.56. The summed E-state index contributed by atoms with van der Waals surface area (Å²) >= 11 is 0. The predicted molar refractivity (Wildman–Crippen MR) is 198 cm³/mol. The number of piperidine rings is 2. The van der Waals surface area contributed by atoms with Gasteiger partial charge in [0.2, 0.25) is 9.84 Å². The van der Waals surface area contributed by atoms with E-state index in [-0.39, 0.29) is 15.2 Å². The van der Waals surface area contributed by atoms with Crippen molar-refractivity contribution in [3.63, 3.8) is 0 Å². The van der Waals surface area contributed by atoms with Crippen molar-refractivity contribution in [3.05, 3.63) is 48.7 Å². The van der Waals surface area contributed by atoms with Crippen molar-refractivity contribution in [3.8, 4) is 11.5 Å². The monoisotopic (exact) mass is 745 g/mol. The number of likely N-dealkylation sites (tertiary alicyclic amines) is 1. The summed E-state index contributed by atoms with van der Waals surface area (Å²) < 4.78 is 79.2. The Morgan fingerprint density at radius 2 is 1.29 bits per heavy atom. The highest BCUT2D eigenvalue weighted by atomic mass is 32.2. The number of hydrogen-bond acceptors (Lipinski definition) is 9. The highest BCUT2D eigenvalue weighted by Crippen LogP contribution is 2.40. The maximum Gasteiger partial charge on any atom is 0.573 e. The van der Waals surface area contributed by atoms with Crippen LogP contribution in [0, 0.1) is 5.41 Å². The lowest BCUT2D eigenvalue weighted by atomic mass is 9.79. The smallest absolute Gasteiger partial charge is 0.487 e. The molecule has 4 heterocycles. The summed E-state index contributed by atoms with van der Waals surface area (Å²) in [4.78, 5) is 14.2. The molecule has 286 valence electrons. The molecule has 3 fully saturated rings. The number of benzene rings is 2. The van der Waals surface area contributed by atoms with E-state index in [2.05, 4.69) is 52.1 Å². The molecule has 52 heavy (non-hydrogen) atoms. The number of piperazine rings is 1. The predicted octanol–water partition coefficient (Wildman–Crippen LogP) is 7.24. The maximum atomic E-state index is 14.4. The topological polar surface area (TPSA) is 78.5 Å². The average Bonchev–Trinajstić information content (AvgIpc) is 3.10. The fourth-order valence-electron chi connectivity index (χ4n) is 7.64. The van der Waals surface area contributed by atoms with Crippen molar-refractivity contribution in [1.29, 1.82) is 0 Å². The summed E-state index contributed by atoms with van der Waals surface area (Å²) in [6.45, 7) is 21.1. The molecule has 0 atom stereocenters. The molecule has 0 spiro atoms. The minimum atomic E-state index is -4.90. The van der Waals surface area contributed by atoms with Crippen molar-refractivity contribution in [2.24, 2.45) is 5.41 Å². The van der Waals surface area contributed by atoms with Gasteiger partial charge in [-0.15, -0.1) is 13.2 Å². The van der Waals surface area contributed by atoms with Crippen LogP contribution in [0.25, 0.3) is 10.9 Å². The molecule has 0 unspecified atom stereocenters. The van der Waals surface area contributed by atoms with E-state index < -0.39 is 27.6 Å². The second-order valence-corrected chi connectivity index (χ2v) is 17.9. The number of fused-ring (bicyclic) bond motifs is 1. The Kier molecular flexibility index (Phi) is 11.1. The van der Waals surface area contributed by atoms with Gasteiger partial charge in [0.25, 0.3) is 0 Å². The third-order valence-electron chi connectivity index (χ3n) is 11.8. The molecule has 0 aliphatic carbocycles. The Hall–Kier alpha value is -3.13. The van der Waals surface area contributed by atoms with E-state index in [1.165, 1.54) is 62.5 Å². The highest BCUT2D eigenvalue weighted by molar-refractivity contribution is 7.91. The molecular formula is C39H54F3N5O4S. The molecule has 0 amide bonds. The van der Waals surface area contributed by atoms with Crippen molar-refractivity contribution < 1.29 is 31.1 Å². The minimum absolute atomic E-state index is 0.0472. The number of aromatic nitrogens is 1. The van der Waals surface area contributed by atoms with E-state index in [1.54, 1.807) is 12.1 Å². The van der Waals surface area contributed by atoms with Crippen LogP contribution in [0.5, 0.6) is 11.5 Å². The van der Waals surface area contributed by atoms with Crippen LogP contribution in [0.15, 0.2) is 58.5 Å². The van der Waals surface area contributed by atoms with Crippen LogP contribution in [0.2, 0.25) is 0 Å². The first-order chi connectivity index (χ1) is 24.4. The quantitative estimate of drug-likeness (QED) is 0.225. The standard InChI is InChI=1S/C39H54F3N5O4S/c1-7-44-18-14-28(15-19-44)45-22-24-46(25-23-45)29-16-20-47(21-17-29)36-33-26-31(51-39(40,41)42)10-13-34(33)43-27-35(36)52(48,49)32-11-8-30(9-12-32)50-38(5,6)37(2,3)4/h8-13,26-29H,7,14-25H2,1-6H3. The summed E-state index contributed by atoms with van der Waals surface area (Å²) in [5.41, 5.74) is 0.0463. The maximum absolute atomic E-state index is 14.4. The Bertz CT molecular complexity index is 1790. The molecule has 13 heteroatoms. The van der Waals surface area contributed by atoms with Crippen LogP contribution in [-0.4, -0.2) is 111 Å².